The monoisotopic (exact) mass is 645 g/mol. The lowest BCUT2D eigenvalue weighted by Gasteiger charge is -2.34. The Labute approximate surface area is 270 Å². The molecule has 0 radical (unpaired) electrons. The van der Waals surface area contributed by atoms with Crippen LogP contribution in [0.25, 0.3) is 0 Å². The van der Waals surface area contributed by atoms with E-state index in [1.165, 1.54) is 41.3 Å². The molecule has 2 amide bonds. The highest BCUT2D eigenvalue weighted by Crippen LogP contribution is 2.27. The van der Waals surface area contributed by atoms with Crippen LogP contribution in [0, 0.1) is 5.82 Å². The summed E-state index contributed by atoms with van der Waals surface area (Å²) < 4.78 is 48.6. The maximum absolute atomic E-state index is 14.5. The molecule has 0 unspecified atom stereocenters. The average Bonchev–Trinajstić information content (AvgIpc) is 3.06. The van der Waals surface area contributed by atoms with Crippen molar-refractivity contribution in [3.63, 3.8) is 0 Å². The Morgan fingerprint density at radius 1 is 0.826 bits per heavy atom. The third kappa shape index (κ3) is 8.94. The first-order valence-electron chi connectivity index (χ1n) is 15.3. The molecular weight excluding hydrogens is 605 g/mol. The lowest BCUT2D eigenvalue weighted by molar-refractivity contribution is -0.140. The predicted octanol–water partition coefficient (Wildman–Crippen LogP) is 5.97. The van der Waals surface area contributed by atoms with Crippen molar-refractivity contribution in [2.45, 2.75) is 57.1 Å². The zero-order valence-corrected chi connectivity index (χ0v) is 27.1. The molecule has 10 heteroatoms. The highest BCUT2D eigenvalue weighted by Gasteiger charge is 2.35. The van der Waals surface area contributed by atoms with Crippen LogP contribution in [0.5, 0.6) is 5.75 Å². The largest absolute Gasteiger partial charge is 0.494 e. The van der Waals surface area contributed by atoms with Crippen LogP contribution in [0.4, 0.5) is 10.1 Å². The number of nitrogens with one attached hydrogen (secondary N) is 1. The van der Waals surface area contributed by atoms with Crippen LogP contribution < -0.4 is 14.4 Å². The summed E-state index contributed by atoms with van der Waals surface area (Å²) >= 11 is 0. The molecular formula is C36H40FN3O5S. The van der Waals surface area contributed by atoms with Crippen LogP contribution in [-0.2, 0) is 32.6 Å². The molecule has 0 spiro atoms. The number of anilines is 1. The van der Waals surface area contributed by atoms with Crippen LogP contribution in [0.1, 0.15) is 38.3 Å². The Morgan fingerprint density at radius 3 is 1.98 bits per heavy atom. The molecule has 2 atom stereocenters. The molecule has 0 fully saturated rings. The summed E-state index contributed by atoms with van der Waals surface area (Å²) in [4.78, 5) is 29.7. The van der Waals surface area contributed by atoms with Gasteiger partial charge in [0.05, 0.1) is 17.2 Å². The summed E-state index contributed by atoms with van der Waals surface area (Å²) in [7, 11) is -4.32. The number of hydrogen-bond acceptors (Lipinski definition) is 5. The number of halogens is 1. The van der Waals surface area contributed by atoms with Crippen LogP contribution in [-0.4, -0.2) is 50.4 Å². The number of sulfonamides is 1. The molecule has 4 rings (SSSR count). The van der Waals surface area contributed by atoms with E-state index in [-0.39, 0.29) is 35.5 Å². The third-order valence-corrected chi connectivity index (χ3v) is 9.37. The summed E-state index contributed by atoms with van der Waals surface area (Å²) in [5.41, 5.74) is 1.72. The lowest BCUT2D eigenvalue weighted by Crippen LogP contribution is -2.54. The molecule has 4 aromatic rings. The van der Waals surface area contributed by atoms with Gasteiger partial charge in [0.2, 0.25) is 11.8 Å². The van der Waals surface area contributed by atoms with Crippen molar-refractivity contribution in [1.29, 1.82) is 0 Å². The van der Waals surface area contributed by atoms with Gasteiger partial charge in [-0.15, -0.1) is 0 Å². The van der Waals surface area contributed by atoms with Gasteiger partial charge in [0, 0.05) is 19.0 Å². The van der Waals surface area contributed by atoms with E-state index in [0.29, 0.717) is 18.8 Å². The summed E-state index contributed by atoms with van der Waals surface area (Å²) in [6.07, 6.45) is 0.902. The van der Waals surface area contributed by atoms with Gasteiger partial charge in [-0.1, -0.05) is 67.6 Å². The fraction of sp³-hybridized carbons (Fsp3) is 0.278. The van der Waals surface area contributed by atoms with Crippen LogP contribution >= 0.6 is 0 Å². The maximum Gasteiger partial charge on any atom is 0.264 e. The number of rotatable bonds is 15. The number of hydrogen-bond donors (Lipinski definition) is 1. The summed E-state index contributed by atoms with van der Waals surface area (Å²) in [6, 6.07) is 28.3. The molecule has 0 aromatic heterocycles. The van der Waals surface area contributed by atoms with E-state index in [1.54, 1.807) is 0 Å². The van der Waals surface area contributed by atoms with Crippen molar-refractivity contribution < 1.29 is 27.1 Å². The topological polar surface area (TPSA) is 96.0 Å². The predicted molar refractivity (Wildman–Crippen MR) is 177 cm³/mol. The molecule has 0 aliphatic heterocycles. The second-order valence-corrected chi connectivity index (χ2v) is 12.8. The minimum absolute atomic E-state index is 0.0610. The fourth-order valence-corrected chi connectivity index (χ4v) is 6.33. The Bertz CT molecular complexity index is 1670. The number of ether oxygens (including phenoxy) is 1. The first kappa shape index (κ1) is 34.2. The summed E-state index contributed by atoms with van der Waals surface area (Å²) in [5.74, 6) is -0.993. The standard InChI is InChI=1S/C36H40FN3O5S/c1-4-27(3)38-36(42)34(24-28-12-8-6-9-13-28)39(25-29-14-10-7-11-15-29)35(41)26-40(31-18-16-30(37)17-19-31)46(43,44)33-22-20-32(21-23-33)45-5-2/h6-23,27,34H,4-5,24-26H2,1-3H3,(H,38,42)/t27-,34-/m1/s1. The number of carbonyl (C=O) groups is 2. The van der Waals surface area contributed by atoms with Gasteiger partial charge in [0.15, 0.2) is 0 Å². The van der Waals surface area contributed by atoms with E-state index in [1.807, 2.05) is 81.4 Å². The molecule has 242 valence electrons. The van der Waals surface area contributed by atoms with Gasteiger partial charge in [-0.25, -0.2) is 12.8 Å². The van der Waals surface area contributed by atoms with Crippen molar-refractivity contribution >= 4 is 27.5 Å². The summed E-state index contributed by atoms with van der Waals surface area (Å²) in [5, 5.41) is 3.02. The van der Waals surface area contributed by atoms with Crippen molar-refractivity contribution in [2.75, 3.05) is 17.5 Å². The third-order valence-electron chi connectivity index (χ3n) is 7.58. The maximum atomic E-state index is 14.5. The molecule has 0 bridgehead atoms. The van der Waals surface area contributed by atoms with Gasteiger partial charge < -0.3 is 15.0 Å². The number of amides is 2. The Kier molecular flexibility index (Phi) is 11.9. The first-order chi connectivity index (χ1) is 22.1. The number of nitrogens with zero attached hydrogens (tertiary/aromatic N) is 2. The molecule has 8 nitrogen and oxygen atoms in total. The highest BCUT2D eigenvalue weighted by atomic mass is 32.2. The fourth-order valence-electron chi connectivity index (χ4n) is 4.91. The zero-order chi connectivity index (χ0) is 33.1. The first-order valence-corrected chi connectivity index (χ1v) is 16.7. The average molecular weight is 646 g/mol. The Morgan fingerprint density at radius 2 is 1.41 bits per heavy atom. The van der Waals surface area contributed by atoms with Crippen LogP contribution in [0.3, 0.4) is 0 Å². The molecule has 0 saturated carbocycles. The molecule has 46 heavy (non-hydrogen) atoms. The minimum Gasteiger partial charge on any atom is -0.494 e. The lowest BCUT2D eigenvalue weighted by atomic mass is 10.0. The zero-order valence-electron chi connectivity index (χ0n) is 26.3. The smallest absolute Gasteiger partial charge is 0.264 e. The summed E-state index contributed by atoms with van der Waals surface area (Å²) in [6.45, 7) is 5.51. The molecule has 1 N–H and O–H groups in total. The van der Waals surface area contributed by atoms with E-state index in [0.717, 1.165) is 27.6 Å². The molecule has 0 aliphatic rings. The normalized spacial score (nSPS) is 12.5. The molecule has 0 heterocycles. The van der Waals surface area contributed by atoms with Gasteiger partial charge in [0.1, 0.15) is 24.2 Å². The van der Waals surface area contributed by atoms with Crippen molar-refractivity contribution in [1.82, 2.24) is 10.2 Å². The van der Waals surface area contributed by atoms with Crippen molar-refractivity contribution in [3.8, 4) is 5.75 Å². The van der Waals surface area contributed by atoms with Gasteiger partial charge in [-0.3, -0.25) is 13.9 Å². The highest BCUT2D eigenvalue weighted by molar-refractivity contribution is 7.92. The van der Waals surface area contributed by atoms with Gasteiger partial charge >= 0.3 is 0 Å². The SMILES string of the molecule is CCOc1ccc(S(=O)(=O)N(CC(=O)N(Cc2ccccc2)[C@H](Cc2ccccc2)C(=O)N[C@H](C)CC)c2ccc(F)cc2)cc1. The van der Waals surface area contributed by atoms with Gasteiger partial charge in [0.25, 0.3) is 10.0 Å². The number of carbonyl (C=O) groups excluding carboxylic acids is 2. The van der Waals surface area contributed by atoms with Gasteiger partial charge in [-0.2, -0.15) is 0 Å². The van der Waals surface area contributed by atoms with E-state index in [9.17, 15) is 22.4 Å². The second-order valence-electron chi connectivity index (χ2n) is 10.9. The molecule has 0 aliphatic carbocycles. The minimum atomic E-state index is -4.32. The Balaban J connectivity index is 1.78. The van der Waals surface area contributed by atoms with Crippen molar-refractivity contribution in [2.24, 2.45) is 0 Å². The van der Waals surface area contributed by atoms with Gasteiger partial charge in [-0.05, 0) is 79.9 Å². The second kappa shape index (κ2) is 16.0. The Hall–Kier alpha value is -4.70. The van der Waals surface area contributed by atoms with Crippen LogP contribution in [0.15, 0.2) is 114 Å². The molecule has 0 saturated heterocycles. The number of benzene rings is 4. The molecule has 4 aromatic carbocycles. The van der Waals surface area contributed by atoms with E-state index >= 15 is 0 Å². The van der Waals surface area contributed by atoms with E-state index in [4.69, 9.17) is 4.74 Å². The van der Waals surface area contributed by atoms with E-state index in [2.05, 4.69) is 5.32 Å². The van der Waals surface area contributed by atoms with Crippen LogP contribution in [0.2, 0.25) is 0 Å². The van der Waals surface area contributed by atoms with Crippen molar-refractivity contribution in [3.05, 3.63) is 126 Å². The quantitative estimate of drug-likeness (QED) is 0.172. The van der Waals surface area contributed by atoms with E-state index < -0.39 is 34.3 Å².